The standard InChI is InChI=1S/C21H12ClFN2O/c22-20-16(10-17-15-9-12(23)6-8-18(15)24-21(17)26)14-7-5-11-3-1-2-4-13(11)19(14)25-20/h1-10,25H,(H,24,26)/b17-10+. The summed E-state index contributed by atoms with van der Waals surface area (Å²) in [7, 11) is 0. The van der Waals surface area contributed by atoms with Crippen LogP contribution in [-0.2, 0) is 4.79 Å². The molecule has 0 saturated carbocycles. The summed E-state index contributed by atoms with van der Waals surface area (Å²) in [5.74, 6) is -0.654. The molecule has 1 aromatic heterocycles. The van der Waals surface area contributed by atoms with Crippen LogP contribution in [0.1, 0.15) is 11.1 Å². The number of benzene rings is 3. The number of nitrogens with one attached hydrogen (secondary N) is 2. The number of hydrogen-bond acceptors (Lipinski definition) is 1. The molecule has 0 aliphatic carbocycles. The van der Waals surface area contributed by atoms with E-state index < -0.39 is 0 Å². The number of aromatic amines is 1. The van der Waals surface area contributed by atoms with Gasteiger partial charge in [-0.2, -0.15) is 0 Å². The van der Waals surface area contributed by atoms with Crippen molar-refractivity contribution in [3.05, 3.63) is 76.7 Å². The lowest BCUT2D eigenvalue weighted by Crippen LogP contribution is -2.03. The first-order chi connectivity index (χ1) is 12.6. The fourth-order valence-corrected chi connectivity index (χ4v) is 3.77. The number of aromatic nitrogens is 1. The first-order valence-corrected chi connectivity index (χ1v) is 8.51. The zero-order chi connectivity index (χ0) is 17.8. The van der Waals surface area contributed by atoms with E-state index in [0.717, 1.165) is 27.2 Å². The highest BCUT2D eigenvalue weighted by Gasteiger charge is 2.25. The molecule has 1 aliphatic heterocycles. The number of rotatable bonds is 1. The number of H-pyrrole nitrogens is 1. The number of carbonyl (C=O) groups excluding carboxylic acids is 1. The molecule has 1 amide bonds. The Balaban J connectivity index is 1.77. The third kappa shape index (κ3) is 2.16. The van der Waals surface area contributed by atoms with E-state index in [-0.39, 0.29) is 11.7 Å². The van der Waals surface area contributed by atoms with Gasteiger partial charge in [-0.3, -0.25) is 4.79 Å². The molecule has 3 aromatic carbocycles. The summed E-state index contributed by atoms with van der Waals surface area (Å²) in [6.45, 7) is 0. The van der Waals surface area contributed by atoms with Gasteiger partial charge >= 0.3 is 0 Å². The van der Waals surface area contributed by atoms with Crippen molar-refractivity contribution in [1.82, 2.24) is 4.98 Å². The Kier molecular flexibility index (Phi) is 3.18. The van der Waals surface area contributed by atoms with E-state index in [1.54, 1.807) is 12.1 Å². The van der Waals surface area contributed by atoms with E-state index in [1.165, 1.54) is 12.1 Å². The second-order valence-corrected chi connectivity index (χ2v) is 6.64. The quantitative estimate of drug-likeness (QED) is 0.425. The average molecular weight is 363 g/mol. The molecule has 0 atom stereocenters. The molecule has 5 rings (SSSR count). The van der Waals surface area contributed by atoms with Crippen molar-refractivity contribution in [3.8, 4) is 0 Å². The van der Waals surface area contributed by atoms with E-state index in [1.807, 2.05) is 36.4 Å². The largest absolute Gasteiger partial charge is 0.345 e. The Morgan fingerprint density at radius 1 is 1.00 bits per heavy atom. The molecule has 0 saturated heterocycles. The summed E-state index contributed by atoms with van der Waals surface area (Å²) in [4.78, 5) is 15.6. The molecule has 4 aromatic rings. The molecule has 0 radical (unpaired) electrons. The first-order valence-electron chi connectivity index (χ1n) is 8.14. The minimum atomic E-state index is -0.387. The second kappa shape index (κ2) is 5.44. The molecular weight excluding hydrogens is 351 g/mol. The molecule has 0 bridgehead atoms. The van der Waals surface area contributed by atoms with Crippen molar-refractivity contribution in [3.63, 3.8) is 0 Å². The molecule has 1 aliphatic rings. The molecule has 2 heterocycles. The van der Waals surface area contributed by atoms with Crippen LogP contribution in [-0.4, -0.2) is 10.9 Å². The van der Waals surface area contributed by atoms with Gasteiger partial charge in [0, 0.05) is 33.2 Å². The van der Waals surface area contributed by atoms with Gasteiger partial charge in [-0.15, -0.1) is 0 Å². The second-order valence-electron chi connectivity index (χ2n) is 6.26. The third-order valence-electron chi connectivity index (χ3n) is 4.74. The van der Waals surface area contributed by atoms with Gasteiger partial charge in [-0.25, -0.2) is 4.39 Å². The summed E-state index contributed by atoms with van der Waals surface area (Å²) in [6, 6.07) is 16.3. The molecule has 0 spiro atoms. The Bertz CT molecular complexity index is 1260. The van der Waals surface area contributed by atoms with Crippen LogP contribution in [0, 0.1) is 5.82 Å². The summed E-state index contributed by atoms with van der Waals surface area (Å²) < 4.78 is 13.6. The van der Waals surface area contributed by atoms with Crippen LogP contribution in [0.3, 0.4) is 0 Å². The first kappa shape index (κ1) is 15.2. The maximum absolute atomic E-state index is 13.6. The lowest BCUT2D eigenvalue weighted by atomic mass is 10.0. The highest BCUT2D eigenvalue weighted by molar-refractivity contribution is 6.38. The van der Waals surface area contributed by atoms with Crippen LogP contribution >= 0.6 is 11.6 Å². The summed E-state index contributed by atoms with van der Waals surface area (Å²) in [6.07, 6.45) is 1.72. The van der Waals surface area contributed by atoms with Gasteiger partial charge < -0.3 is 10.3 Å². The minimum absolute atomic E-state index is 0.267. The Morgan fingerprint density at radius 2 is 1.85 bits per heavy atom. The van der Waals surface area contributed by atoms with Gasteiger partial charge in [0.15, 0.2) is 0 Å². The van der Waals surface area contributed by atoms with Gasteiger partial charge in [0.2, 0.25) is 0 Å². The monoisotopic (exact) mass is 362 g/mol. The molecule has 2 N–H and O–H groups in total. The normalized spacial score (nSPS) is 15.0. The smallest absolute Gasteiger partial charge is 0.256 e. The molecule has 126 valence electrons. The van der Waals surface area contributed by atoms with Crippen LogP contribution in [0.4, 0.5) is 10.1 Å². The van der Waals surface area contributed by atoms with Gasteiger partial charge in [-0.1, -0.05) is 48.0 Å². The number of halogens is 2. The molecular formula is C21H12ClFN2O. The molecule has 0 fully saturated rings. The van der Waals surface area contributed by atoms with Crippen LogP contribution in [0.5, 0.6) is 0 Å². The fourth-order valence-electron chi connectivity index (χ4n) is 3.51. The van der Waals surface area contributed by atoms with Crippen LogP contribution < -0.4 is 5.32 Å². The topological polar surface area (TPSA) is 44.9 Å². The third-order valence-corrected chi connectivity index (χ3v) is 5.04. The van der Waals surface area contributed by atoms with Gasteiger partial charge in [0.1, 0.15) is 11.0 Å². The van der Waals surface area contributed by atoms with Crippen molar-refractivity contribution in [2.75, 3.05) is 5.32 Å². The predicted octanol–water partition coefficient (Wildman–Crippen LogP) is 5.61. The number of anilines is 1. The van der Waals surface area contributed by atoms with Crippen molar-refractivity contribution in [2.24, 2.45) is 0 Å². The van der Waals surface area contributed by atoms with Crippen LogP contribution in [0.25, 0.3) is 33.3 Å². The predicted molar refractivity (Wildman–Crippen MR) is 104 cm³/mol. The van der Waals surface area contributed by atoms with E-state index in [2.05, 4.69) is 10.3 Å². The zero-order valence-corrected chi connectivity index (χ0v) is 14.2. The van der Waals surface area contributed by atoms with Crippen molar-refractivity contribution < 1.29 is 9.18 Å². The van der Waals surface area contributed by atoms with E-state index in [9.17, 15) is 9.18 Å². The Hall–Kier alpha value is -3.11. The molecule has 26 heavy (non-hydrogen) atoms. The van der Waals surface area contributed by atoms with E-state index in [4.69, 9.17) is 11.6 Å². The number of amides is 1. The number of hydrogen-bond donors (Lipinski definition) is 2. The molecule has 5 heteroatoms. The number of fused-ring (bicyclic) bond motifs is 4. The molecule has 3 nitrogen and oxygen atoms in total. The highest BCUT2D eigenvalue weighted by Crippen LogP contribution is 2.38. The molecule has 0 unspecified atom stereocenters. The number of carbonyl (C=O) groups is 1. The lowest BCUT2D eigenvalue weighted by molar-refractivity contribution is -0.110. The van der Waals surface area contributed by atoms with Gasteiger partial charge in [-0.05, 0) is 29.7 Å². The van der Waals surface area contributed by atoms with Gasteiger partial charge in [0.25, 0.3) is 5.91 Å². The maximum atomic E-state index is 13.6. The van der Waals surface area contributed by atoms with Crippen molar-refractivity contribution in [1.29, 1.82) is 0 Å². The van der Waals surface area contributed by atoms with Crippen molar-refractivity contribution in [2.45, 2.75) is 0 Å². The van der Waals surface area contributed by atoms with Gasteiger partial charge in [0.05, 0.1) is 5.52 Å². The maximum Gasteiger partial charge on any atom is 0.256 e. The SMILES string of the molecule is O=C1Nc2ccc(F)cc2/C1=C\c1c(Cl)[nH]c2c1ccc1ccccc12. The fraction of sp³-hybridized carbons (Fsp3) is 0. The van der Waals surface area contributed by atoms with Crippen LogP contribution in [0.15, 0.2) is 54.6 Å². The highest BCUT2D eigenvalue weighted by atomic mass is 35.5. The summed E-state index contributed by atoms with van der Waals surface area (Å²) in [5.41, 5.74) is 3.17. The lowest BCUT2D eigenvalue weighted by Gasteiger charge is -2.01. The summed E-state index contributed by atoms with van der Waals surface area (Å²) >= 11 is 6.45. The summed E-state index contributed by atoms with van der Waals surface area (Å²) in [5, 5.41) is 6.27. The minimum Gasteiger partial charge on any atom is -0.345 e. The Morgan fingerprint density at radius 3 is 2.73 bits per heavy atom. The Labute approximate surface area is 153 Å². The zero-order valence-electron chi connectivity index (χ0n) is 13.4. The van der Waals surface area contributed by atoms with Crippen molar-refractivity contribution >= 4 is 56.5 Å². The van der Waals surface area contributed by atoms with E-state index in [0.29, 0.717) is 22.0 Å². The average Bonchev–Trinajstić information content (AvgIpc) is 3.12. The van der Waals surface area contributed by atoms with E-state index >= 15 is 0 Å². The van der Waals surface area contributed by atoms with Crippen LogP contribution in [0.2, 0.25) is 5.15 Å².